The standard InChI is InChI=1S/C26H17F5.C6H2F4O/c1-15-2-4-16(5-3-15)17-6-8-20(23(28)10-17)18-7-9-21(24(29)11-18)19-12-25(30)22(14-27)26(31)13-19;7-4-1-3(11-10)2-5(8)6(4)9/h2-13H,14H2,1H3;1-2H. The number of hydrogen-bond donors (Lipinski definition) is 0. The Hall–Kier alpha value is -4.73. The molecule has 5 rings (SSSR count). The molecule has 0 aliphatic carbocycles. The van der Waals surface area contributed by atoms with Gasteiger partial charge in [-0.15, -0.1) is 0 Å². The molecule has 1 nitrogen and oxygen atoms in total. The van der Waals surface area contributed by atoms with Crippen LogP contribution in [0.5, 0.6) is 5.75 Å². The summed E-state index contributed by atoms with van der Waals surface area (Å²) in [4.78, 5) is 2.98. The van der Waals surface area contributed by atoms with Gasteiger partial charge in [-0.3, -0.25) is 4.94 Å². The number of alkyl halides is 1. The lowest BCUT2D eigenvalue weighted by Gasteiger charge is -2.11. The molecule has 42 heavy (non-hydrogen) atoms. The second-order valence-corrected chi connectivity index (χ2v) is 9.09. The highest BCUT2D eigenvalue weighted by atomic mass is 19.3. The molecule has 0 aromatic heterocycles. The molecule has 0 atom stereocenters. The van der Waals surface area contributed by atoms with E-state index in [0.717, 1.165) is 29.3 Å². The lowest BCUT2D eigenvalue weighted by atomic mass is 9.96. The van der Waals surface area contributed by atoms with Crippen LogP contribution in [0.2, 0.25) is 0 Å². The van der Waals surface area contributed by atoms with Crippen LogP contribution in [-0.4, -0.2) is 0 Å². The summed E-state index contributed by atoms with van der Waals surface area (Å²) in [6.45, 7) is 0.668. The fourth-order valence-corrected chi connectivity index (χ4v) is 4.05. The molecule has 216 valence electrons. The third kappa shape index (κ3) is 6.59. The summed E-state index contributed by atoms with van der Waals surface area (Å²) in [7, 11) is 0. The molecular formula is C32H19F9O. The molecule has 0 spiro atoms. The van der Waals surface area contributed by atoms with Crippen LogP contribution in [-0.2, 0) is 6.67 Å². The zero-order valence-electron chi connectivity index (χ0n) is 21.6. The van der Waals surface area contributed by atoms with Crippen LogP contribution in [0.15, 0.2) is 84.9 Å². The van der Waals surface area contributed by atoms with Crippen LogP contribution in [0, 0.1) is 47.6 Å². The molecule has 0 saturated carbocycles. The van der Waals surface area contributed by atoms with Crippen molar-refractivity contribution in [2.24, 2.45) is 0 Å². The maximum Gasteiger partial charge on any atom is 0.194 e. The molecule has 0 N–H and O–H groups in total. The summed E-state index contributed by atoms with van der Waals surface area (Å²) in [5, 5.41) is 0. The van der Waals surface area contributed by atoms with E-state index in [1.807, 2.05) is 31.2 Å². The van der Waals surface area contributed by atoms with E-state index in [9.17, 15) is 39.6 Å². The van der Waals surface area contributed by atoms with Crippen molar-refractivity contribution in [3.05, 3.63) is 137 Å². The maximum absolute atomic E-state index is 14.8. The number of aryl methyl sites for hydroxylation is 1. The lowest BCUT2D eigenvalue weighted by molar-refractivity contribution is -0.00711. The second kappa shape index (κ2) is 12.8. The number of halogens is 9. The first-order valence-corrected chi connectivity index (χ1v) is 12.2. The van der Waals surface area contributed by atoms with E-state index in [4.69, 9.17) is 0 Å². The van der Waals surface area contributed by atoms with E-state index in [1.165, 1.54) is 18.2 Å². The summed E-state index contributed by atoms with van der Waals surface area (Å²) in [6.07, 6.45) is 0. The number of benzene rings is 5. The molecule has 5 aromatic carbocycles. The first-order valence-electron chi connectivity index (χ1n) is 12.2. The zero-order chi connectivity index (χ0) is 30.6. The Balaban J connectivity index is 0.000000310. The molecule has 0 fully saturated rings. The molecular weight excluding hydrogens is 571 g/mol. The van der Waals surface area contributed by atoms with Crippen molar-refractivity contribution < 1.29 is 44.6 Å². The molecule has 0 radical (unpaired) electrons. The van der Waals surface area contributed by atoms with Crippen molar-refractivity contribution in [1.29, 1.82) is 0 Å². The van der Waals surface area contributed by atoms with Gasteiger partial charge in [-0.2, -0.15) is 0 Å². The predicted octanol–water partition coefficient (Wildman–Crippen LogP) is 10.4. The largest absolute Gasteiger partial charge is 0.294 e. The van der Waals surface area contributed by atoms with E-state index in [-0.39, 0.29) is 22.3 Å². The first kappa shape index (κ1) is 30.2. The molecule has 0 bridgehead atoms. The van der Waals surface area contributed by atoms with Gasteiger partial charge in [0.2, 0.25) is 0 Å². The van der Waals surface area contributed by atoms with Crippen molar-refractivity contribution in [3.8, 4) is 39.1 Å². The van der Waals surface area contributed by atoms with E-state index >= 15 is 0 Å². The van der Waals surface area contributed by atoms with Gasteiger partial charge in [0, 0.05) is 27.8 Å². The Kier molecular flexibility index (Phi) is 9.25. The number of hydrogen-bond acceptors (Lipinski definition) is 1. The van der Waals surface area contributed by atoms with E-state index in [1.54, 1.807) is 12.1 Å². The van der Waals surface area contributed by atoms with Crippen LogP contribution >= 0.6 is 0 Å². The van der Waals surface area contributed by atoms with E-state index in [0.29, 0.717) is 17.7 Å². The summed E-state index contributed by atoms with van der Waals surface area (Å²) in [5.41, 5.74) is 2.31. The van der Waals surface area contributed by atoms with Crippen LogP contribution in [0.4, 0.5) is 39.6 Å². The third-order valence-corrected chi connectivity index (χ3v) is 6.27. The van der Waals surface area contributed by atoms with Crippen molar-refractivity contribution in [2.45, 2.75) is 13.6 Å². The summed E-state index contributed by atoms with van der Waals surface area (Å²) in [6, 6.07) is 18.8. The van der Waals surface area contributed by atoms with Gasteiger partial charge in [-0.1, -0.05) is 54.1 Å². The Morgan fingerprint density at radius 2 is 0.952 bits per heavy atom. The summed E-state index contributed by atoms with van der Waals surface area (Å²) in [5.74, 6) is -8.79. The maximum atomic E-state index is 14.8. The highest BCUT2D eigenvalue weighted by Crippen LogP contribution is 2.33. The molecule has 0 heterocycles. The van der Waals surface area contributed by atoms with Crippen LogP contribution in [0.1, 0.15) is 11.1 Å². The Morgan fingerprint density at radius 1 is 0.500 bits per heavy atom. The minimum absolute atomic E-state index is 0.0635. The van der Waals surface area contributed by atoms with E-state index in [2.05, 4.69) is 4.94 Å². The normalized spacial score (nSPS) is 10.7. The van der Waals surface area contributed by atoms with Gasteiger partial charge in [0.15, 0.2) is 23.2 Å². The molecule has 0 aliphatic heterocycles. The van der Waals surface area contributed by atoms with Crippen molar-refractivity contribution in [3.63, 3.8) is 0 Å². The second-order valence-electron chi connectivity index (χ2n) is 9.09. The summed E-state index contributed by atoms with van der Waals surface area (Å²) < 4.78 is 118. The average Bonchev–Trinajstić information content (AvgIpc) is 2.96. The highest BCUT2D eigenvalue weighted by Gasteiger charge is 2.16. The average molecular weight is 590 g/mol. The van der Waals surface area contributed by atoms with Gasteiger partial charge in [-0.05, 0) is 53.4 Å². The minimum Gasteiger partial charge on any atom is -0.294 e. The van der Waals surface area contributed by atoms with Crippen molar-refractivity contribution in [1.82, 2.24) is 0 Å². The highest BCUT2D eigenvalue weighted by molar-refractivity contribution is 5.74. The Labute approximate surface area is 234 Å². The monoisotopic (exact) mass is 590 g/mol. The minimum atomic E-state index is -1.65. The van der Waals surface area contributed by atoms with E-state index < -0.39 is 58.7 Å². The third-order valence-electron chi connectivity index (χ3n) is 6.27. The van der Waals surface area contributed by atoms with Gasteiger partial charge in [0.25, 0.3) is 0 Å². The van der Waals surface area contributed by atoms with Gasteiger partial charge in [-0.25, -0.2) is 35.1 Å². The quantitative estimate of drug-likeness (QED) is 0.146. The van der Waals surface area contributed by atoms with Gasteiger partial charge in [0.1, 0.15) is 29.9 Å². The van der Waals surface area contributed by atoms with Gasteiger partial charge < -0.3 is 0 Å². The van der Waals surface area contributed by atoms with Crippen LogP contribution in [0.25, 0.3) is 33.4 Å². The molecule has 0 saturated heterocycles. The molecule has 10 heteroatoms. The van der Waals surface area contributed by atoms with Crippen molar-refractivity contribution >= 4 is 0 Å². The molecule has 0 unspecified atom stereocenters. The smallest absolute Gasteiger partial charge is 0.194 e. The van der Waals surface area contributed by atoms with Crippen LogP contribution in [0.3, 0.4) is 0 Å². The first-order chi connectivity index (χ1) is 20.0. The Bertz CT molecular complexity index is 1690. The fourth-order valence-electron chi connectivity index (χ4n) is 4.05. The SMILES string of the molecule is Cc1ccc(-c2ccc(-c3ccc(-c4cc(F)c(CF)c(F)c4)c(F)c3)c(F)c2)cc1.FOc1cc(F)c(F)c(F)c1. The van der Waals surface area contributed by atoms with Crippen molar-refractivity contribution in [2.75, 3.05) is 0 Å². The lowest BCUT2D eigenvalue weighted by Crippen LogP contribution is -1.96. The van der Waals surface area contributed by atoms with Gasteiger partial charge in [0.05, 0.1) is 5.56 Å². The topological polar surface area (TPSA) is 9.23 Å². The zero-order valence-corrected chi connectivity index (χ0v) is 21.6. The fraction of sp³-hybridized carbons (Fsp3) is 0.0625. The predicted molar refractivity (Wildman–Crippen MR) is 140 cm³/mol. The molecule has 5 aromatic rings. The Morgan fingerprint density at radius 3 is 1.45 bits per heavy atom. The van der Waals surface area contributed by atoms with Crippen LogP contribution < -0.4 is 4.94 Å². The summed E-state index contributed by atoms with van der Waals surface area (Å²) >= 11 is 0. The molecule has 0 aliphatic rings. The molecule has 0 amide bonds. The van der Waals surface area contributed by atoms with Gasteiger partial charge >= 0.3 is 0 Å². The number of rotatable bonds is 5.